The molecular weight excluding hydrogens is 465 g/mol. The summed E-state index contributed by atoms with van der Waals surface area (Å²) < 4.78 is 52.2. The summed E-state index contributed by atoms with van der Waals surface area (Å²) in [6.45, 7) is 5.71. The van der Waals surface area contributed by atoms with Crippen LogP contribution in [0.4, 0.5) is 10.3 Å². The number of anilines is 1. The molecule has 2 fully saturated rings. The van der Waals surface area contributed by atoms with Crippen molar-refractivity contribution in [2.75, 3.05) is 11.9 Å². The first-order valence-electron chi connectivity index (χ1n) is 12.4. The molecule has 2 bridgehead atoms. The van der Waals surface area contributed by atoms with Crippen LogP contribution in [-0.2, 0) is 15.1 Å². The Morgan fingerprint density at radius 1 is 1.35 bits per heavy atom. The van der Waals surface area contributed by atoms with Crippen LogP contribution < -0.4 is 5.32 Å². The normalized spacial score (nSPS) is 29.8. The number of imidazole rings is 1. The van der Waals surface area contributed by atoms with Crippen molar-refractivity contribution in [3.05, 3.63) is 35.0 Å². The number of benzene rings is 1. The van der Waals surface area contributed by atoms with Crippen molar-refractivity contribution in [2.45, 2.75) is 70.3 Å². The van der Waals surface area contributed by atoms with Gasteiger partial charge in [-0.2, -0.15) is 0 Å². The second-order valence-electron chi connectivity index (χ2n) is 9.16. The first-order valence-corrected chi connectivity index (χ1v) is 11.2. The summed E-state index contributed by atoms with van der Waals surface area (Å²) in [5.41, 5.74) is -0.296. The van der Waals surface area contributed by atoms with Gasteiger partial charge in [0, 0.05) is 20.7 Å². The SMILES string of the molecule is [2H][C@@H]1O[C@H]2O[C@@H]1[C@@H](O)C(Nc1ncc(Cl)c(-c3cc(F)c4nc(C(C)(C)O)n(C(C)C)c4c3)n1)C2([2H])[2H]. The minimum Gasteiger partial charge on any atom is -0.388 e. The Hall–Kier alpha value is -2.37. The third-order valence-corrected chi connectivity index (χ3v) is 6.00. The van der Waals surface area contributed by atoms with E-state index in [2.05, 4.69) is 20.3 Å². The monoisotopic (exact) mass is 494 g/mol. The standard InChI is InChI=1S/C23H27ClFN5O4/c1-10(2)30-15-6-11(5-13(25)19(15)28-21(30)23(3,4)32)18-12(24)8-26-22(29-18)27-14-7-17-33-9-16(34-17)20(14)31/h5-6,8,10,14,16-17,20,31-32H,7,9H2,1-4H3,(H,26,27,29)/t14?,16-,17-,20-/m0/s1/i7D2,9D/t9-,14?,16-,17-,20-. The zero-order valence-electron chi connectivity index (χ0n) is 22.0. The smallest absolute Gasteiger partial charge is 0.223 e. The highest BCUT2D eigenvalue weighted by Gasteiger charge is 2.43. The molecule has 5 rings (SSSR count). The lowest BCUT2D eigenvalue weighted by Gasteiger charge is -2.32. The molecular formula is C23H27ClFN5O4. The van der Waals surface area contributed by atoms with Crippen molar-refractivity contribution in [3.8, 4) is 11.3 Å². The summed E-state index contributed by atoms with van der Waals surface area (Å²) in [5.74, 6) is -0.386. The van der Waals surface area contributed by atoms with Gasteiger partial charge in [0.1, 0.15) is 29.2 Å². The zero-order valence-corrected chi connectivity index (χ0v) is 19.7. The molecule has 11 heteroatoms. The lowest BCUT2D eigenvalue weighted by molar-refractivity contribution is -0.123. The molecule has 2 aliphatic rings. The summed E-state index contributed by atoms with van der Waals surface area (Å²) in [6.07, 6.45) is -4.73. The molecule has 0 saturated carbocycles. The molecule has 2 aromatic heterocycles. The summed E-state index contributed by atoms with van der Waals surface area (Å²) in [6, 6.07) is 1.50. The Labute approximate surface area is 205 Å². The number of aromatic nitrogens is 4. The fourth-order valence-electron chi connectivity index (χ4n) is 4.18. The van der Waals surface area contributed by atoms with Gasteiger partial charge in [0.25, 0.3) is 0 Å². The Kier molecular flexibility index (Phi) is 4.90. The van der Waals surface area contributed by atoms with Gasteiger partial charge in [-0.15, -0.1) is 0 Å². The van der Waals surface area contributed by atoms with Gasteiger partial charge in [-0.25, -0.2) is 19.3 Å². The Morgan fingerprint density at radius 2 is 2.12 bits per heavy atom. The van der Waals surface area contributed by atoms with E-state index in [0.29, 0.717) is 16.9 Å². The fourth-order valence-corrected chi connectivity index (χ4v) is 4.38. The van der Waals surface area contributed by atoms with Crippen LogP contribution in [0.2, 0.25) is 5.02 Å². The molecule has 1 aromatic carbocycles. The van der Waals surface area contributed by atoms with Gasteiger partial charge in [-0.05, 0) is 39.8 Å². The van der Waals surface area contributed by atoms with E-state index in [1.165, 1.54) is 12.3 Å². The number of nitrogens with one attached hydrogen (secondary N) is 1. The van der Waals surface area contributed by atoms with E-state index in [9.17, 15) is 10.2 Å². The van der Waals surface area contributed by atoms with E-state index in [1.807, 2.05) is 13.8 Å². The van der Waals surface area contributed by atoms with E-state index < -0.39 is 48.9 Å². The molecule has 5 atom stereocenters. The molecule has 0 spiro atoms. The summed E-state index contributed by atoms with van der Waals surface area (Å²) in [5, 5.41) is 24.2. The number of hydrogen-bond acceptors (Lipinski definition) is 8. The molecule has 3 N–H and O–H groups in total. The number of aliphatic hydroxyl groups excluding tert-OH is 1. The van der Waals surface area contributed by atoms with E-state index in [1.54, 1.807) is 24.5 Å². The molecule has 1 unspecified atom stereocenters. The second kappa shape index (κ2) is 8.39. The average Bonchev–Trinajstić information content (AvgIpc) is 3.37. The van der Waals surface area contributed by atoms with Gasteiger partial charge in [0.15, 0.2) is 12.1 Å². The van der Waals surface area contributed by atoms with Gasteiger partial charge in [-0.1, -0.05) is 11.6 Å². The molecule has 2 aliphatic heterocycles. The van der Waals surface area contributed by atoms with Crippen LogP contribution in [0.1, 0.15) is 50.0 Å². The van der Waals surface area contributed by atoms with Gasteiger partial charge in [-0.3, -0.25) is 0 Å². The van der Waals surface area contributed by atoms with Gasteiger partial charge in [0.2, 0.25) is 5.95 Å². The molecule has 0 radical (unpaired) electrons. The summed E-state index contributed by atoms with van der Waals surface area (Å²) in [7, 11) is 0. The number of halogens is 2. The van der Waals surface area contributed by atoms with Crippen LogP contribution in [0.25, 0.3) is 22.3 Å². The van der Waals surface area contributed by atoms with E-state index in [0.717, 1.165) is 0 Å². The molecule has 3 aromatic rings. The molecule has 0 aliphatic carbocycles. The van der Waals surface area contributed by atoms with Gasteiger partial charge in [0.05, 0.1) is 36.4 Å². The van der Waals surface area contributed by atoms with Crippen LogP contribution in [0.3, 0.4) is 0 Å². The minimum atomic E-state index is -2.21. The highest BCUT2D eigenvalue weighted by Crippen LogP contribution is 2.35. The summed E-state index contributed by atoms with van der Waals surface area (Å²) >= 11 is 6.39. The lowest BCUT2D eigenvalue weighted by atomic mass is 10.0. The van der Waals surface area contributed by atoms with Crippen LogP contribution in [-0.4, -0.2) is 60.9 Å². The lowest BCUT2D eigenvalue weighted by Crippen LogP contribution is -2.48. The Balaban J connectivity index is 1.57. The Morgan fingerprint density at radius 3 is 2.82 bits per heavy atom. The molecule has 34 heavy (non-hydrogen) atoms. The van der Waals surface area contributed by atoms with Crippen LogP contribution in [0.15, 0.2) is 18.3 Å². The van der Waals surface area contributed by atoms with E-state index in [4.69, 9.17) is 25.2 Å². The van der Waals surface area contributed by atoms with Crippen molar-refractivity contribution in [1.82, 2.24) is 19.5 Å². The predicted octanol–water partition coefficient (Wildman–Crippen LogP) is 3.38. The van der Waals surface area contributed by atoms with Crippen LogP contribution in [0.5, 0.6) is 0 Å². The van der Waals surface area contributed by atoms with Crippen molar-refractivity contribution in [2.24, 2.45) is 0 Å². The van der Waals surface area contributed by atoms with E-state index in [-0.39, 0.29) is 28.2 Å². The minimum absolute atomic E-state index is 0.0646. The van der Waals surface area contributed by atoms with Crippen molar-refractivity contribution >= 4 is 28.6 Å². The number of aliphatic hydroxyl groups is 2. The first kappa shape index (κ1) is 19.9. The number of ether oxygens (including phenoxy) is 2. The van der Waals surface area contributed by atoms with E-state index >= 15 is 4.39 Å². The largest absolute Gasteiger partial charge is 0.388 e. The number of hydrogen-bond donors (Lipinski definition) is 3. The maximum atomic E-state index is 15.3. The maximum Gasteiger partial charge on any atom is 0.223 e. The maximum absolute atomic E-state index is 15.3. The topological polar surface area (TPSA) is 115 Å². The Bertz CT molecular complexity index is 1370. The molecule has 0 amide bonds. The third kappa shape index (κ3) is 4.03. The number of fused-ring (bicyclic) bond motifs is 3. The fraction of sp³-hybridized carbons (Fsp3) is 0.522. The number of rotatable bonds is 5. The van der Waals surface area contributed by atoms with Gasteiger partial charge < -0.3 is 29.6 Å². The summed E-state index contributed by atoms with van der Waals surface area (Å²) in [4.78, 5) is 12.9. The third-order valence-electron chi connectivity index (χ3n) is 5.73. The second-order valence-corrected chi connectivity index (χ2v) is 9.57. The molecule has 9 nitrogen and oxygen atoms in total. The molecule has 182 valence electrons. The predicted molar refractivity (Wildman–Crippen MR) is 124 cm³/mol. The van der Waals surface area contributed by atoms with Crippen LogP contribution >= 0.6 is 11.6 Å². The van der Waals surface area contributed by atoms with Crippen molar-refractivity contribution < 1.29 is 28.2 Å². The molecule has 2 saturated heterocycles. The first-order chi connectivity index (χ1) is 17.2. The van der Waals surface area contributed by atoms with Crippen LogP contribution in [0, 0.1) is 5.82 Å². The molecule has 4 heterocycles. The van der Waals surface area contributed by atoms with Crippen molar-refractivity contribution in [3.63, 3.8) is 0 Å². The van der Waals surface area contributed by atoms with Crippen molar-refractivity contribution in [1.29, 1.82) is 0 Å². The quantitative estimate of drug-likeness (QED) is 0.494. The highest BCUT2D eigenvalue weighted by molar-refractivity contribution is 6.33. The average molecular weight is 495 g/mol. The number of nitrogens with zero attached hydrogens (tertiary/aromatic N) is 4. The highest BCUT2D eigenvalue weighted by atomic mass is 35.5. The van der Waals surface area contributed by atoms with Gasteiger partial charge >= 0.3 is 0 Å². The zero-order chi connectivity index (χ0) is 27.0.